The van der Waals surface area contributed by atoms with Gasteiger partial charge < -0.3 is 6.74 Å². The molecule has 0 aliphatic heterocycles. The van der Waals surface area contributed by atoms with Crippen LogP contribution in [0.5, 0.6) is 0 Å². The number of nitrogens with one attached hydrogen (secondary N) is 1. The van der Waals surface area contributed by atoms with Crippen LogP contribution in [0.15, 0.2) is 12.7 Å². The summed E-state index contributed by atoms with van der Waals surface area (Å²) in [4.78, 5) is 10.5. The minimum Gasteiger partial charge on any atom is -1.00 e. The topological polar surface area (TPSA) is 83.5 Å². The monoisotopic (exact) mass is 217 g/mol. The van der Waals surface area contributed by atoms with Gasteiger partial charge in [-0.05, 0) is 13.0 Å². The van der Waals surface area contributed by atoms with Gasteiger partial charge in [-0.15, -0.1) is 0 Å². The third-order valence-electron chi connectivity index (χ3n) is 1.26. The predicted molar refractivity (Wildman–Crippen MR) is 45.3 cm³/mol. The summed E-state index contributed by atoms with van der Waals surface area (Å²) in [5.74, 6) is -0.467. The van der Waals surface area contributed by atoms with Crippen LogP contribution in [0.1, 0.15) is 8.35 Å². The van der Waals surface area contributed by atoms with Gasteiger partial charge in [-0.2, -0.15) is 8.42 Å². The smallest absolute Gasteiger partial charge is 1.00 e. The molecular weight excluding hydrogens is 205 g/mol. The Morgan fingerprint density at radius 2 is 2.23 bits per heavy atom. The van der Waals surface area contributed by atoms with E-state index in [1.54, 1.807) is 0 Å². The van der Waals surface area contributed by atoms with Gasteiger partial charge in [0, 0.05) is 6.54 Å². The molecule has 5 nitrogen and oxygen atoms in total. The summed E-state index contributed by atoms with van der Waals surface area (Å²) in [5.41, 5.74) is 0. The van der Waals surface area contributed by atoms with Crippen LogP contribution < -0.4 is 34.9 Å². The second-order valence-corrected chi connectivity index (χ2v) is 4.11. The first kappa shape index (κ1) is 15.6. The van der Waals surface area contributed by atoms with Crippen LogP contribution in [0.25, 0.3) is 0 Å². The number of hydrogen-bond donors (Lipinski definition) is 2. The summed E-state index contributed by atoms with van der Waals surface area (Å²) in [7, 11) is -4.06. The molecule has 2 N–H and O–H groups in total. The third kappa shape index (κ3) is 7.21. The molecule has 0 aliphatic rings. The molecule has 0 spiro atoms. The number of hydrogen-bond acceptors (Lipinski definition) is 3. The van der Waals surface area contributed by atoms with Crippen molar-refractivity contribution >= 4 is 16.0 Å². The molecule has 7 heteroatoms. The zero-order chi connectivity index (χ0) is 9.78. The average molecular weight is 217 g/mol. The maximum absolute atomic E-state index is 10.5. The van der Waals surface area contributed by atoms with Gasteiger partial charge in [0.05, 0.1) is 0 Å². The van der Waals surface area contributed by atoms with E-state index in [4.69, 9.17) is 4.55 Å². The molecule has 0 rings (SSSR count). The molecular formula is C6H12NNaO4S. The Morgan fingerprint density at radius 3 is 2.54 bits per heavy atom. The predicted octanol–water partition coefficient (Wildman–Crippen LogP) is -3.32. The van der Waals surface area contributed by atoms with E-state index in [0.717, 1.165) is 6.08 Å². The Hall–Kier alpha value is 0.120. The quantitative estimate of drug-likeness (QED) is 0.293. The molecule has 0 aliphatic carbocycles. The Labute approximate surface area is 101 Å². The fraction of sp³-hybridized carbons (Fsp3) is 0.500. The van der Waals surface area contributed by atoms with Crippen molar-refractivity contribution in [1.82, 2.24) is 5.32 Å². The first-order valence-electron chi connectivity index (χ1n) is 3.24. The Balaban J connectivity index is -0.000000605. The van der Waals surface area contributed by atoms with Crippen LogP contribution in [0.3, 0.4) is 0 Å². The van der Waals surface area contributed by atoms with Crippen molar-refractivity contribution in [2.24, 2.45) is 0 Å². The minimum absolute atomic E-state index is 0. The number of carbonyl (C=O) groups excluding carboxylic acids is 1. The summed E-state index contributed by atoms with van der Waals surface area (Å²) in [6, 6.07) is 0. The van der Waals surface area contributed by atoms with Gasteiger partial charge >= 0.3 is 29.6 Å². The SMILES string of the molecule is C=CC(=O)NCC(C)S(=O)(=O)O.[H-].[Na+]. The van der Waals surface area contributed by atoms with E-state index in [-0.39, 0.29) is 37.5 Å². The summed E-state index contributed by atoms with van der Waals surface area (Å²) in [6.45, 7) is 4.35. The van der Waals surface area contributed by atoms with Crippen LogP contribution in [0, 0.1) is 0 Å². The number of amides is 1. The third-order valence-corrected chi connectivity index (χ3v) is 2.44. The maximum atomic E-state index is 10.5. The minimum atomic E-state index is -4.06. The van der Waals surface area contributed by atoms with Crippen molar-refractivity contribution in [3.05, 3.63) is 12.7 Å². The molecule has 0 bridgehead atoms. The van der Waals surface area contributed by atoms with E-state index in [2.05, 4.69) is 11.9 Å². The average Bonchev–Trinajstić information content (AvgIpc) is 1.97. The molecule has 0 fully saturated rings. The maximum Gasteiger partial charge on any atom is 1.00 e. The Morgan fingerprint density at radius 1 is 1.77 bits per heavy atom. The Kier molecular flexibility index (Phi) is 7.86. The van der Waals surface area contributed by atoms with Crippen molar-refractivity contribution in [3.8, 4) is 0 Å². The van der Waals surface area contributed by atoms with Crippen LogP contribution in [0.2, 0.25) is 0 Å². The van der Waals surface area contributed by atoms with E-state index < -0.39 is 21.3 Å². The first-order chi connectivity index (χ1) is 5.38. The van der Waals surface area contributed by atoms with Gasteiger partial charge in [-0.3, -0.25) is 9.35 Å². The number of rotatable bonds is 4. The summed E-state index contributed by atoms with van der Waals surface area (Å²) >= 11 is 0. The zero-order valence-corrected chi connectivity index (χ0v) is 10.5. The van der Waals surface area contributed by atoms with Crippen molar-refractivity contribution < 1.29 is 48.7 Å². The van der Waals surface area contributed by atoms with Crippen LogP contribution in [0.4, 0.5) is 0 Å². The second kappa shape index (κ2) is 6.56. The first-order valence-corrected chi connectivity index (χ1v) is 4.75. The van der Waals surface area contributed by atoms with Crippen molar-refractivity contribution in [3.63, 3.8) is 0 Å². The van der Waals surface area contributed by atoms with Crippen LogP contribution >= 0.6 is 0 Å². The molecule has 0 radical (unpaired) electrons. The molecule has 0 saturated heterocycles. The van der Waals surface area contributed by atoms with E-state index in [0.29, 0.717) is 0 Å². The zero-order valence-electron chi connectivity index (χ0n) is 8.65. The van der Waals surface area contributed by atoms with Crippen LogP contribution in [-0.4, -0.2) is 30.7 Å². The molecule has 13 heavy (non-hydrogen) atoms. The van der Waals surface area contributed by atoms with Crippen molar-refractivity contribution in [2.45, 2.75) is 12.2 Å². The van der Waals surface area contributed by atoms with Gasteiger partial charge in [0.1, 0.15) is 5.25 Å². The van der Waals surface area contributed by atoms with E-state index in [1.165, 1.54) is 6.92 Å². The molecule has 0 aromatic rings. The summed E-state index contributed by atoms with van der Waals surface area (Å²) in [5, 5.41) is 1.24. The van der Waals surface area contributed by atoms with Gasteiger partial charge in [-0.25, -0.2) is 0 Å². The van der Waals surface area contributed by atoms with Gasteiger partial charge in [0.15, 0.2) is 0 Å². The van der Waals surface area contributed by atoms with Crippen molar-refractivity contribution in [2.75, 3.05) is 6.54 Å². The largest absolute Gasteiger partial charge is 1.00 e. The second-order valence-electron chi connectivity index (χ2n) is 2.27. The van der Waals surface area contributed by atoms with E-state index >= 15 is 0 Å². The molecule has 0 saturated carbocycles. The van der Waals surface area contributed by atoms with Crippen LogP contribution in [-0.2, 0) is 14.9 Å². The number of carbonyl (C=O) groups is 1. The van der Waals surface area contributed by atoms with Gasteiger partial charge in [0.2, 0.25) is 5.91 Å². The fourth-order valence-corrected chi connectivity index (χ4v) is 0.716. The molecule has 1 unspecified atom stereocenters. The molecule has 0 heterocycles. The molecule has 0 aromatic heterocycles. The molecule has 1 atom stereocenters. The normalized spacial score (nSPS) is 12.5. The standard InChI is InChI=1S/C6H11NO4S.Na.H/c1-3-6(8)7-4-5(2)12(9,10)11;;/h3,5H,1,4H2,2H3,(H,7,8)(H,9,10,11);;/q;+1;-1. The van der Waals surface area contributed by atoms with Gasteiger partial charge in [0.25, 0.3) is 10.1 Å². The fourth-order valence-electron chi connectivity index (χ4n) is 0.422. The van der Waals surface area contributed by atoms with Crippen molar-refractivity contribution in [1.29, 1.82) is 0 Å². The Bertz CT molecular complexity index is 280. The summed E-state index contributed by atoms with van der Waals surface area (Å²) in [6.07, 6.45) is 1.02. The molecule has 0 aromatic carbocycles. The molecule has 1 amide bonds. The van der Waals surface area contributed by atoms with Gasteiger partial charge in [-0.1, -0.05) is 6.58 Å². The van der Waals surface area contributed by atoms with E-state index in [1.807, 2.05) is 0 Å². The summed E-state index contributed by atoms with van der Waals surface area (Å²) < 4.78 is 29.3. The molecule has 72 valence electrons. The van der Waals surface area contributed by atoms with E-state index in [9.17, 15) is 13.2 Å².